The molecule has 0 radical (unpaired) electrons. The molecule has 3 aromatic rings. The van der Waals surface area contributed by atoms with Gasteiger partial charge >= 0.3 is 6.18 Å². The molecule has 1 aromatic carbocycles. The van der Waals surface area contributed by atoms with E-state index in [9.17, 15) is 28.2 Å². The Balaban J connectivity index is 1.52. The van der Waals surface area contributed by atoms with E-state index in [0.29, 0.717) is 29.3 Å². The number of ether oxygens (including phenoxy) is 1. The summed E-state index contributed by atoms with van der Waals surface area (Å²) in [6, 6.07) is 9.59. The third kappa shape index (κ3) is 4.44. The summed E-state index contributed by atoms with van der Waals surface area (Å²) < 4.78 is 43.4. The fourth-order valence-electron chi connectivity index (χ4n) is 3.48. The number of amides is 1. The van der Waals surface area contributed by atoms with Crippen molar-refractivity contribution in [3.05, 3.63) is 59.9 Å². The molecular formula is C21H18F3N3O4. The van der Waals surface area contributed by atoms with Gasteiger partial charge in [-0.15, -0.1) is 0 Å². The molecule has 1 aliphatic rings. The fraction of sp³-hybridized carbons (Fsp3) is 0.286. The standard InChI is InChI=1S/C21H18F3N3O4/c22-21(23,24)13-2-6-19(25-9-13)31-16-3-5-17-12(7-16)1-4-18(26-17)20(30)27-10-15(29)8-14(27)11-28/h1-7,9,14-15,28-29H,8,10-11H2/t14-,15+/m0/s1. The van der Waals surface area contributed by atoms with Gasteiger partial charge in [-0.3, -0.25) is 4.79 Å². The van der Waals surface area contributed by atoms with Gasteiger partial charge in [-0.2, -0.15) is 13.2 Å². The summed E-state index contributed by atoms with van der Waals surface area (Å²) in [6.45, 7) is -0.105. The molecule has 3 heterocycles. The maximum atomic E-state index is 12.7. The Labute approximate surface area is 174 Å². The lowest BCUT2D eigenvalue weighted by molar-refractivity contribution is -0.137. The lowest BCUT2D eigenvalue weighted by Crippen LogP contribution is -2.38. The number of halogens is 3. The van der Waals surface area contributed by atoms with Gasteiger partial charge in [-0.05, 0) is 36.8 Å². The van der Waals surface area contributed by atoms with Gasteiger partial charge in [-0.1, -0.05) is 6.07 Å². The van der Waals surface area contributed by atoms with Gasteiger partial charge in [0.25, 0.3) is 5.91 Å². The number of benzene rings is 1. The quantitative estimate of drug-likeness (QED) is 0.657. The molecule has 1 fully saturated rings. The second kappa shape index (κ2) is 8.12. The fourth-order valence-corrected chi connectivity index (χ4v) is 3.48. The number of aliphatic hydroxyl groups excluding tert-OH is 2. The number of nitrogens with zero attached hydrogens (tertiary/aromatic N) is 3. The number of fused-ring (bicyclic) bond motifs is 1. The normalized spacial score (nSPS) is 19.1. The van der Waals surface area contributed by atoms with Crippen LogP contribution in [-0.4, -0.2) is 56.3 Å². The minimum Gasteiger partial charge on any atom is -0.439 e. The first kappa shape index (κ1) is 21.0. The number of aliphatic hydroxyl groups is 2. The number of carbonyl (C=O) groups is 1. The van der Waals surface area contributed by atoms with Crippen molar-refractivity contribution in [1.82, 2.24) is 14.9 Å². The molecule has 0 spiro atoms. The summed E-state index contributed by atoms with van der Waals surface area (Å²) in [5, 5.41) is 19.9. The number of alkyl halides is 3. The maximum Gasteiger partial charge on any atom is 0.417 e. The van der Waals surface area contributed by atoms with Gasteiger partial charge in [0.2, 0.25) is 5.88 Å². The Morgan fingerprint density at radius 3 is 2.68 bits per heavy atom. The first-order chi connectivity index (χ1) is 14.7. The van der Waals surface area contributed by atoms with Crippen molar-refractivity contribution >= 4 is 16.8 Å². The van der Waals surface area contributed by atoms with Crippen molar-refractivity contribution in [2.24, 2.45) is 0 Å². The minimum absolute atomic E-state index is 0.00902. The Hall–Kier alpha value is -3.24. The highest BCUT2D eigenvalue weighted by Crippen LogP contribution is 2.30. The van der Waals surface area contributed by atoms with Crippen molar-refractivity contribution < 1.29 is 32.9 Å². The number of likely N-dealkylation sites (tertiary alicyclic amines) is 1. The first-order valence-electron chi connectivity index (χ1n) is 9.46. The van der Waals surface area contributed by atoms with E-state index in [1.165, 1.54) is 11.0 Å². The summed E-state index contributed by atoms with van der Waals surface area (Å²) in [5.74, 6) is -0.0230. The van der Waals surface area contributed by atoms with Crippen LogP contribution in [0.5, 0.6) is 11.6 Å². The molecule has 4 rings (SSSR count). The van der Waals surface area contributed by atoms with E-state index in [-0.39, 0.29) is 30.6 Å². The van der Waals surface area contributed by atoms with Crippen molar-refractivity contribution in [3.8, 4) is 11.6 Å². The van der Waals surface area contributed by atoms with E-state index < -0.39 is 23.9 Å². The maximum absolute atomic E-state index is 12.7. The zero-order chi connectivity index (χ0) is 22.2. The number of rotatable bonds is 4. The molecule has 10 heteroatoms. The highest BCUT2D eigenvalue weighted by atomic mass is 19.4. The molecule has 0 bridgehead atoms. The molecule has 2 aromatic heterocycles. The highest BCUT2D eigenvalue weighted by Gasteiger charge is 2.35. The molecule has 1 amide bonds. The molecule has 0 aliphatic carbocycles. The van der Waals surface area contributed by atoms with Crippen LogP contribution in [0.3, 0.4) is 0 Å². The number of hydrogen-bond acceptors (Lipinski definition) is 6. The van der Waals surface area contributed by atoms with Crippen molar-refractivity contribution in [3.63, 3.8) is 0 Å². The molecule has 2 atom stereocenters. The third-order valence-corrected chi connectivity index (χ3v) is 5.03. The van der Waals surface area contributed by atoms with Crippen LogP contribution in [0.2, 0.25) is 0 Å². The third-order valence-electron chi connectivity index (χ3n) is 5.03. The molecule has 162 valence electrons. The van der Waals surface area contributed by atoms with Crippen molar-refractivity contribution in [2.45, 2.75) is 24.7 Å². The summed E-state index contributed by atoms with van der Waals surface area (Å²) in [5.41, 5.74) is -0.175. The van der Waals surface area contributed by atoms with Gasteiger partial charge in [0.1, 0.15) is 11.4 Å². The molecular weight excluding hydrogens is 415 g/mol. The summed E-state index contributed by atoms with van der Waals surface area (Å²) in [6.07, 6.45) is -4.14. The van der Waals surface area contributed by atoms with E-state index in [4.69, 9.17) is 4.74 Å². The van der Waals surface area contributed by atoms with Gasteiger partial charge in [0, 0.05) is 24.2 Å². The molecule has 31 heavy (non-hydrogen) atoms. The predicted molar refractivity (Wildman–Crippen MR) is 104 cm³/mol. The number of pyridine rings is 2. The zero-order valence-electron chi connectivity index (χ0n) is 16.1. The van der Waals surface area contributed by atoms with Crippen LogP contribution < -0.4 is 4.74 Å². The molecule has 1 aliphatic heterocycles. The molecule has 1 saturated heterocycles. The SMILES string of the molecule is O=C(c1ccc2cc(Oc3ccc(C(F)(F)F)cn3)ccc2n1)N1C[C@H](O)C[C@H]1CO. The number of aromatic nitrogens is 2. The smallest absolute Gasteiger partial charge is 0.417 e. The zero-order valence-corrected chi connectivity index (χ0v) is 16.1. The van der Waals surface area contributed by atoms with Crippen molar-refractivity contribution in [1.29, 1.82) is 0 Å². The van der Waals surface area contributed by atoms with Crippen LogP contribution >= 0.6 is 0 Å². The second-order valence-electron chi connectivity index (χ2n) is 7.22. The van der Waals surface area contributed by atoms with Crippen LogP contribution in [0.1, 0.15) is 22.5 Å². The van der Waals surface area contributed by atoms with Crippen LogP contribution in [0.4, 0.5) is 13.2 Å². The average Bonchev–Trinajstić information content (AvgIpc) is 3.13. The largest absolute Gasteiger partial charge is 0.439 e. The molecule has 0 unspecified atom stereocenters. The van der Waals surface area contributed by atoms with Crippen molar-refractivity contribution in [2.75, 3.05) is 13.2 Å². The molecule has 2 N–H and O–H groups in total. The van der Waals surface area contributed by atoms with Crippen LogP contribution in [-0.2, 0) is 6.18 Å². The van der Waals surface area contributed by atoms with E-state index in [0.717, 1.165) is 12.1 Å². The lowest BCUT2D eigenvalue weighted by Gasteiger charge is -2.22. The monoisotopic (exact) mass is 433 g/mol. The minimum atomic E-state index is -4.47. The van der Waals surface area contributed by atoms with E-state index >= 15 is 0 Å². The van der Waals surface area contributed by atoms with Crippen LogP contribution in [0.25, 0.3) is 10.9 Å². The highest BCUT2D eigenvalue weighted by molar-refractivity contribution is 5.95. The van der Waals surface area contributed by atoms with Crippen LogP contribution in [0.15, 0.2) is 48.7 Å². The van der Waals surface area contributed by atoms with Crippen LogP contribution in [0, 0.1) is 0 Å². The molecule has 7 nitrogen and oxygen atoms in total. The number of hydrogen-bond donors (Lipinski definition) is 2. The van der Waals surface area contributed by atoms with Gasteiger partial charge in [0.15, 0.2) is 0 Å². The number of carbonyl (C=O) groups excluding carboxylic acids is 1. The van der Waals surface area contributed by atoms with Gasteiger partial charge in [0.05, 0.1) is 29.8 Å². The Morgan fingerprint density at radius 1 is 1.19 bits per heavy atom. The molecule has 0 saturated carbocycles. The summed E-state index contributed by atoms with van der Waals surface area (Å²) in [7, 11) is 0. The summed E-state index contributed by atoms with van der Waals surface area (Å²) in [4.78, 5) is 22.2. The first-order valence-corrected chi connectivity index (χ1v) is 9.46. The number of β-amino-alcohol motifs (C(OH)–C–C–N with tert-alkyl or cyclic N) is 1. The van der Waals surface area contributed by atoms with Gasteiger partial charge in [-0.25, -0.2) is 9.97 Å². The second-order valence-corrected chi connectivity index (χ2v) is 7.22. The van der Waals surface area contributed by atoms with E-state index in [1.54, 1.807) is 24.3 Å². The Kier molecular flexibility index (Phi) is 5.50. The summed E-state index contributed by atoms with van der Waals surface area (Å²) >= 11 is 0. The van der Waals surface area contributed by atoms with E-state index in [2.05, 4.69) is 9.97 Å². The average molecular weight is 433 g/mol. The predicted octanol–water partition coefficient (Wildman–Crippen LogP) is 3.01. The van der Waals surface area contributed by atoms with E-state index in [1.807, 2.05) is 0 Å². The topological polar surface area (TPSA) is 95.8 Å². The Morgan fingerprint density at radius 2 is 2.00 bits per heavy atom. The Bertz CT molecular complexity index is 1110. The lowest BCUT2D eigenvalue weighted by atomic mass is 10.1. The van der Waals surface area contributed by atoms with Gasteiger partial charge < -0.3 is 19.8 Å².